The van der Waals surface area contributed by atoms with Crippen molar-refractivity contribution in [3.63, 3.8) is 0 Å². The van der Waals surface area contributed by atoms with Gasteiger partial charge in [-0.1, -0.05) is 17.7 Å². The van der Waals surface area contributed by atoms with Crippen LogP contribution in [0, 0.1) is 5.41 Å². The Hall–Kier alpha value is -3.37. The van der Waals surface area contributed by atoms with Crippen LogP contribution >= 0.6 is 22.9 Å². The first-order valence-corrected chi connectivity index (χ1v) is 11.7. The molecule has 0 radical (unpaired) electrons. The number of benzene rings is 1. The molecule has 2 atom stereocenters. The van der Waals surface area contributed by atoms with Crippen LogP contribution in [-0.4, -0.2) is 28.8 Å². The maximum absolute atomic E-state index is 13.4. The summed E-state index contributed by atoms with van der Waals surface area (Å²) in [4.78, 5) is 19.4. The number of alkyl halides is 3. The van der Waals surface area contributed by atoms with Gasteiger partial charge < -0.3 is 9.73 Å². The lowest BCUT2D eigenvalue weighted by Gasteiger charge is -2.45. The molecular weight excluding hydrogens is 501 g/mol. The molecule has 0 aliphatic carbocycles. The molecule has 6 nitrogen and oxygen atoms in total. The summed E-state index contributed by atoms with van der Waals surface area (Å²) >= 11 is 7.47. The summed E-state index contributed by atoms with van der Waals surface area (Å²) in [6.45, 7) is 1.83. The number of pyridine rings is 1. The second-order valence-corrected chi connectivity index (χ2v) is 9.79. The maximum Gasteiger partial charge on any atom is 0.417 e. The molecule has 0 spiro atoms. The van der Waals surface area contributed by atoms with Crippen molar-refractivity contribution in [2.75, 3.05) is 7.05 Å². The standard InChI is InChI=1S/C24H18ClF3N4O2S/c1-23(18-8-14(11-35-18)20-16(25)9-15(10-30-20)24(26,27)28)19(21(33)32(2)22(29)31-23)13-3-4-17-12(7-13)5-6-34-17/h3-11,19H,1-2H3,(H2,29,31)/t19-,23?/m1/s1. The lowest BCUT2D eigenvalue weighted by atomic mass is 9.76. The molecule has 35 heavy (non-hydrogen) atoms. The largest absolute Gasteiger partial charge is 0.464 e. The summed E-state index contributed by atoms with van der Waals surface area (Å²) in [5.74, 6) is -1.01. The van der Waals surface area contributed by atoms with Gasteiger partial charge in [-0.2, -0.15) is 13.2 Å². The number of furan rings is 1. The van der Waals surface area contributed by atoms with E-state index in [9.17, 15) is 18.0 Å². The second kappa shape index (κ2) is 8.10. The van der Waals surface area contributed by atoms with Crippen LogP contribution in [0.3, 0.4) is 0 Å². The van der Waals surface area contributed by atoms with E-state index in [0.717, 1.165) is 23.2 Å². The molecule has 1 fully saturated rings. The molecule has 5 rings (SSSR count). The van der Waals surface area contributed by atoms with E-state index >= 15 is 0 Å². The van der Waals surface area contributed by atoms with E-state index in [2.05, 4.69) is 10.3 Å². The first-order valence-electron chi connectivity index (χ1n) is 10.4. The molecule has 11 heteroatoms. The minimum Gasteiger partial charge on any atom is -0.464 e. The molecule has 1 amide bonds. The number of fused-ring (bicyclic) bond motifs is 1. The summed E-state index contributed by atoms with van der Waals surface area (Å²) in [5, 5.41) is 13.9. The lowest BCUT2D eigenvalue weighted by Crippen LogP contribution is -2.62. The number of nitrogens with one attached hydrogen (secondary N) is 2. The number of aromatic nitrogens is 1. The first-order chi connectivity index (χ1) is 16.5. The van der Waals surface area contributed by atoms with Gasteiger partial charge in [0.05, 0.1) is 34.0 Å². The van der Waals surface area contributed by atoms with Crippen LogP contribution in [-0.2, 0) is 16.5 Å². The lowest BCUT2D eigenvalue weighted by molar-refractivity contribution is -0.137. The van der Waals surface area contributed by atoms with Crippen molar-refractivity contribution >= 4 is 45.8 Å². The summed E-state index contributed by atoms with van der Waals surface area (Å²) in [6, 6.07) is 9.90. The number of likely N-dealkylation sites (N-methyl/N-ethyl adjacent to an activating group) is 1. The zero-order valence-electron chi connectivity index (χ0n) is 18.4. The van der Waals surface area contributed by atoms with E-state index in [-0.39, 0.29) is 22.6 Å². The Morgan fingerprint density at radius 3 is 2.74 bits per heavy atom. The van der Waals surface area contributed by atoms with Gasteiger partial charge in [-0.25, -0.2) is 0 Å². The molecule has 1 aliphatic heterocycles. The zero-order chi connectivity index (χ0) is 25.1. The maximum atomic E-state index is 13.4. The highest BCUT2D eigenvalue weighted by atomic mass is 35.5. The molecule has 1 aliphatic rings. The van der Waals surface area contributed by atoms with Gasteiger partial charge in [-0.15, -0.1) is 11.3 Å². The fraction of sp³-hybridized carbons (Fsp3) is 0.208. The summed E-state index contributed by atoms with van der Waals surface area (Å²) in [5.41, 5.74) is 0.206. The number of guanidine groups is 1. The average molecular weight is 519 g/mol. The van der Waals surface area contributed by atoms with Gasteiger partial charge in [0.1, 0.15) is 5.58 Å². The van der Waals surface area contributed by atoms with Crippen LogP contribution in [0.5, 0.6) is 0 Å². The fourth-order valence-corrected chi connectivity index (χ4v) is 5.65. The van der Waals surface area contributed by atoms with Crippen molar-refractivity contribution in [2.45, 2.75) is 24.6 Å². The van der Waals surface area contributed by atoms with E-state index in [1.165, 1.54) is 23.3 Å². The number of nitrogens with zero attached hydrogens (tertiary/aromatic N) is 2. The van der Waals surface area contributed by atoms with Crippen LogP contribution in [0.15, 0.2) is 58.7 Å². The third-order valence-corrected chi connectivity index (χ3v) is 7.69. The fourth-order valence-electron chi connectivity index (χ4n) is 4.34. The number of halogens is 4. The smallest absolute Gasteiger partial charge is 0.417 e. The molecule has 4 heterocycles. The third-order valence-electron chi connectivity index (χ3n) is 6.23. The highest BCUT2D eigenvalue weighted by molar-refractivity contribution is 7.10. The molecule has 0 bridgehead atoms. The molecule has 3 aromatic heterocycles. The Balaban J connectivity index is 1.59. The van der Waals surface area contributed by atoms with E-state index in [4.69, 9.17) is 21.4 Å². The van der Waals surface area contributed by atoms with Crippen molar-refractivity contribution in [3.8, 4) is 11.3 Å². The Kier molecular flexibility index (Phi) is 5.41. The Bertz CT molecular complexity index is 1480. The number of thiophene rings is 1. The molecule has 2 N–H and O–H groups in total. The average Bonchev–Trinajstić information content (AvgIpc) is 3.47. The zero-order valence-corrected chi connectivity index (χ0v) is 20.0. The van der Waals surface area contributed by atoms with E-state index in [1.54, 1.807) is 23.8 Å². The second-order valence-electron chi connectivity index (χ2n) is 8.48. The normalized spacial score (nSPS) is 21.0. The summed E-state index contributed by atoms with van der Waals surface area (Å²) in [7, 11) is 1.53. The van der Waals surface area contributed by atoms with Gasteiger partial charge in [0.15, 0.2) is 5.96 Å². The number of carbonyl (C=O) groups is 1. The van der Waals surface area contributed by atoms with Crippen molar-refractivity contribution < 1.29 is 22.4 Å². The van der Waals surface area contributed by atoms with Crippen LogP contribution < -0.4 is 5.32 Å². The molecular formula is C24H18ClF3N4O2S. The first kappa shape index (κ1) is 23.4. The van der Waals surface area contributed by atoms with Gasteiger partial charge in [0, 0.05) is 34.5 Å². The van der Waals surface area contributed by atoms with Gasteiger partial charge in [-0.05, 0) is 42.8 Å². The molecule has 180 valence electrons. The highest BCUT2D eigenvalue weighted by Crippen LogP contribution is 2.45. The van der Waals surface area contributed by atoms with Crippen LogP contribution in [0.4, 0.5) is 13.2 Å². The minimum absolute atomic E-state index is 0.0567. The Labute approximate surface area is 206 Å². The number of rotatable bonds is 3. The Morgan fingerprint density at radius 1 is 1.26 bits per heavy atom. The molecule has 1 aromatic carbocycles. The predicted molar refractivity (Wildman–Crippen MR) is 128 cm³/mol. The quantitative estimate of drug-likeness (QED) is 0.337. The third kappa shape index (κ3) is 3.86. The van der Waals surface area contributed by atoms with Crippen molar-refractivity contribution in [3.05, 3.63) is 75.3 Å². The van der Waals surface area contributed by atoms with Gasteiger partial charge >= 0.3 is 6.18 Å². The monoisotopic (exact) mass is 518 g/mol. The van der Waals surface area contributed by atoms with Gasteiger partial charge in [0.25, 0.3) is 0 Å². The number of hydrogen-bond acceptors (Lipinski definition) is 5. The van der Waals surface area contributed by atoms with Gasteiger partial charge in [-0.3, -0.25) is 20.1 Å². The van der Waals surface area contributed by atoms with E-state index in [1.807, 2.05) is 25.1 Å². The SMILES string of the molecule is CN1C(=N)NC(C)(c2cc(-c3ncc(C(F)(F)F)cc3Cl)cs2)[C@H](c2ccc3occc3c2)C1=O. The van der Waals surface area contributed by atoms with Gasteiger partial charge in [0.2, 0.25) is 5.91 Å². The molecule has 4 aromatic rings. The number of carbonyl (C=O) groups excluding carboxylic acids is 1. The minimum atomic E-state index is -4.55. The number of hydrogen-bond donors (Lipinski definition) is 2. The van der Waals surface area contributed by atoms with E-state index in [0.29, 0.717) is 16.0 Å². The summed E-state index contributed by atoms with van der Waals surface area (Å²) < 4.78 is 44.5. The van der Waals surface area contributed by atoms with Crippen molar-refractivity contribution in [1.82, 2.24) is 15.2 Å². The van der Waals surface area contributed by atoms with Crippen LogP contribution in [0.25, 0.3) is 22.2 Å². The Morgan fingerprint density at radius 2 is 2.03 bits per heavy atom. The van der Waals surface area contributed by atoms with E-state index < -0.39 is 23.2 Å². The molecule has 0 saturated carbocycles. The van der Waals surface area contributed by atoms with Crippen molar-refractivity contribution in [1.29, 1.82) is 5.41 Å². The topological polar surface area (TPSA) is 82.2 Å². The summed E-state index contributed by atoms with van der Waals surface area (Å²) in [6.07, 6.45) is -2.23. The van der Waals surface area contributed by atoms with Crippen LogP contribution in [0.1, 0.15) is 28.8 Å². The predicted octanol–water partition coefficient (Wildman–Crippen LogP) is 6.22. The molecule has 1 unspecified atom stereocenters. The highest BCUT2D eigenvalue weighted by Gasteiger charge is 2.49. The van der Waals surface area contributed by atoms with Crippen LogP contribution in [0.2, 0.25) is 5.02 Å². The molecule has 1 saturated heterocycles. The number of amides is 1. The van der Waals surface area contributed by atoms with Crippen molar-refractivity contribution in [2.24, 2.45) is 0 Å².